The molecule has 1 heterocycles. The fourth-order valence-corrected chi connectivity index (χ4v) is 4.10. The van der Waals surface area contributed by atoms with Gasteiger partial charge in [0.05, 0.1) is 26.5 Å². The lowest BCUT2D eigenvalue weighted by Gasteiger charge is -2.40. The average molecular weight is 430 g/mol. The number of carbonyl (C=O) groups excluding carboxylic acids is 1. The van der Waals surface area contributed by atoms with Gasteiger partial charge in [-0.15, -0.1) is 0 Å². The summed E-state index contributed by atoms with van der Waals surface area (Å²) in [4.78, 5) is 27.8. The molecule has 2 aromatic rings. The number of hydrogen-bond donors (Lipinski definition) is 1. The van der Waals surface area contributed by atoms with E-state index in [2.05, 4.69) is 25.8 Å². The first kappa shape index (κ1) is 22.9. The molecule has 7 nitrogen and oxygen atoms in total. The number of esters is 1. The van der Waals surface area contributed by atoms with Crippen LogP contribution < -0.4 is 15.0 Å². The first-order valence-corrected chi connectivity index (χ1v) is 10.5. The minimum atomic E-state index is -0.640. The monoisotopic (exact) mass is 429 g/mol. The second-order valence-corrected chi connectivity index (χ2v) is 8.40. The first-order chi connectivity index (χ1) is 14.8. The van der Waals surface area contributed by atoms with Crippen LogP contribution in [-0.4, -0.2) is 45.5 Å². The number of aromatic nitrogens is 1. The maximum absolute atomic E-state index is 12.7. The van der Waals surface area contributed by atoms with Crippen molar-refractivity contribution in [1.29, 1.82) is 0 Å². The van der Waals surface area contributed by atoms with E-state index in [-0.39, 0.29) is 16.9 Å². The third-order valence-corrected chi connectivity index (χ3v) is 6.30. The van der Waals surface area contributed by atoms with Crippen molar-refractivity contribution in [3.05, 3.63) is 45.2 Å². The van der Waals surface area contributed by atoms with E-state index in [1.165, 1.54) is 7.11 Å². The Labute approximate surface area is 182 Å². The maximum Gasteiger partial charge on any atom is 0.343 e. The van der Waals surface area contributed by atoms with Crippen molar-refractivity contribution >= 4 is 5.97 Å². The SMILES string of the molecule is COCCCOc1cc2c(cc1OC)-c1[nH]c(=O)c(C(=O)OC)cc1C(C)(C(C)C)C2. The number of aromatic amines is 1. The zero-order valence-electron chi connectivity index (χ0n) is 19.1. The highest BCUT2D eigenvalue weighted by Gasteiger charge is 2.39. The van der Waals surface area contributed by atoms with Crippen LogP contribution in [0.5, 0.6) is 11.5 Å². The molecule has 0 saturated heterocycles. The highest BCUT2D eigenvalue weighted by Crippen LogP contribution is 2.48. The van der Waals surface area contributed by atoms with Crippen molar-refractivity contribution in [3.63, 3.8) is 0 Å². The van der Waals surface area contributed by atoms with E-state index in [0.717, 1.165) is 29.5 Å². The van der Waals surface area contributed by atoms with Gasteiger partial charge in [-0.1, -0.05) is 20.8 Å². The minimum absolute atomic E-state index is 0.0154. The van der Waals surface area contributed by atoms with Crippen LogP contribution in [0, 0.1) is 5.92 Å². The van der Waals surface area contributed by atoms with E-state index < -0.39 is 11.5 Å². The van der Waals surface area contributed by atoms with Gasteiger partial charge in [0, 0.05) is 31.1 Å². The molecule has 168 valence electrons. The summed E-state index contributed by atoms with van der Waals surface area (Å²) < 4.78 is 21.4. The molecule has 1 N–H and O–H groups in total. The van der Waals surface area contributed by atoms with Crippen LogP contribution in [0.3, 0.4) is 0 Å². The Balaban J connectivity index is 2.17. The molecule has 0 spiro atoms. The lowest BCUT2D eigenvalue weighted by molar-refractivity contribution is 0.0598. The molecule has 31 heavy (non-hydrogen) atoms. The minimum Gasteiger partial charge on any atom is -0.493 e. The number of benzene rings is 1. The van der Waals surface area contributed by atoms with Gasteiger partial charge in [0.15, 0.2) is 11.5 Å². The number of fused-ring (bicyclic) bond motifs is 3. The predicted molar refractivity (Wildman–Crippen MR) is 118 cm³/mol. The van der Waals surface area contributed by atoms with Gasteiger partial charge in [0.2, 0.25) is 0 Å². The number of methoxy groups -OCH3 is 3. The Hall–Kier alpha value is -2.80. The summed E-state index contributed by atoms with van der Waals surface area (Å²) in [6, 6.07) is 5.58. The molecule has 1 aliphatic carbocycles. The molecule has 3 rings (SSSR count). The van der Waals surface area contributed by atoms with Crippen LogP contribution in [0.2, 0.25) is 0 Å². The summed E-state index contributed by atoms with van der Waals surface area (Å²) in [7, 11) is 4.53. The number of hydrogen-bond acceptors (Lipinski definition) is 6. The smallest absolute Gasteiger partial charge is 0.343 e. The molecule has 0 fully saturated rings. The van der Waals surface area contributed by atoms with Gasteiger partial charge in [0.1, 0.15) is 5.56 Å². The molecule has 0 amide bonds. The zero-order valence-corrected chi connectivity index (χ0v) is 19.1. The molecule has 0 saturated carbocycles. The van der Waals surface area contributed by atoms with Crippen LogP contribution in [-0.2, 0) is 21.3 Å². The number of nitrogens with one attached hydrogen (secondary N) is 1. The van der Waals surface area contributed by atoms with Crippen molar-refractivity contribution in [2.45, 2.75) is 39.0 Å². The van der Waals surface area contributed by atoms with E-state index in [9.17, 15) is 9.59 Å². The van der Waals surface area contributed by atoms with Crippen molar-refractivity contribution in [1.82, 2.24) is 4.98 Å². The van der Waals surface area contributed by atoms with Crippen LogP contribution in [0.4, 0.5) is 0 Å². The van der Waals surface area contributed by atoms with Crippen molar-refractivity contribution in [3.8, 4) is 22.8 Å². The van der Waals surface area contributed by atoms with E-state index in [0.29, 0.717) is 30.4 Å². The quantitative estimate of drug-likeness (QED) is 0.508. The molecule has 0 bridgehead atoms. The molecule has 0 aliphatic heterocycles. The summed E-state index contributed by atoms with van der Waals surface area (Å²) >= 11 is 0. The molecule has 1 unspecified atom stereocenters. The Morgan fingerprint density at radius 3 is 2.48 bits per heavy atom. The number of pyridine rings is 1. The summed E-state index contributed by atoms with van der Waals surface area (Å²) in [6.07, 6.45) is 1.50. The number of ether oxygens (including phenoxy) is 4. The number of carbonyl (C=O) groups is 1. The lowest BCUT2D eigenvalue weighted by Crippen LogP contribution is -2.37. The molecular formula is C24H31NO6. The molecule has 1 aromatic carbocycles. The highest BCUT2D eigenvalue weighted by molar-refractivity contribution is 5.90. The molecule has 1 atom stereocenters. The topological polar surface area (TPSA) is 86.9 Å². The van der Waals surface area contributed by atoms with Gasteiger partial charge in [-0.25, -0.2) is 4.79 Å². The van der Waals surface area contributed by atoms with E-state index in [1.54, 1.807) is 20.3 Å². The normalized spacial score (nSPS) is 17.1. The highest BCUT2D eigenvalue weighted by atomic mass is 16.5. The Kier molecular flexibility index (Phi) is 6.74. The Morgan fingerprint density at radius 1 is 1.13 bits per heavy atom. The Morgan fingerprint density at radius 2 is 1.87 bits per heavy atom. The number of H-pyrrole nitrogens is 1. The van der Waals surface area contributed by atoms with Crippen LogP contribution in [0.1, 0.15) is 48.7 Å². The second kappa shape index (κ2) is 9.14. The fourth-order valence-electron chi connectivity index (χ4n) is 4.10. The fraction of sp³-hybridized carbons (Fsp3) is 0.500. The standard InChI is InChI=1S/C24H31NO6/c1-14(2)24(3)13-15-10-20(31-9-7-8-28-4)19(29-5)12-16(15)21-18(24)11-17(22(26)25-21)23(27)30-6/h10-12,14H,7-9,13H2,1-6H3,(H,25,26). The zero-order chi connectivity index (χ0) is 22.8. The second-order valence-electron chi connectivity index (χ2n) is 8.40. The van der Waals surface area contributed by atoms with Crippen LogP contribution in [0.15, 0.2) is 23.0 Å². The molecule has 7 heteroatoms. The van der Waals surface area contributed by atoms with Crippen LogP contribution >= 0.6 is 0 Å². The molecule has 0 radical (unpaired) electrons. The van der Waals surface area contributed by atoms with Crippen molar-refractivity contribution < 1.29 is 23.7 Å². The maximum atomic E-state index is 12.7. The van der Waals surface area contributed by atoms with Gasteiger partial charge >= 0.3 is 5.97 Å². The summed E-state index contributed by atoms with van der Waals surface area (Å²) in [5.41, 5.74) is 2.82. The third-order valence-electron chi connectivity index (χ3n) is 6.30. The molecular weight excluding hydrogens is 398 g/mol. The first-order valence-electron chi connectivity index (χ1n) is 10.5. The van der Waals surface area contributed by atoms with Gasteiger partial charge in [-0.3, -0.25) is 4.79 Å². The third kappa shape index (κ3) is 4.19. The summed E-state index contributed by atoms with van der Waals surface area (Å²) in [5.74, 6) is 0.871. The molecule has 1 aromatic heterocycles. The summed E-state index contributed by atoms with van der Waals surface area (Å²) in [6.45, 7) is 7.57. The molecule has 1 aliphatic rings. The summed E-state index contributed by atoms with van der Waals surface area (Å²) in [5, 5.41) is 0. The lowest BCUT2D eigenvalue weighted by atomic mass is 9.64. The van der Waals surface area contributed by atoms with E-state index in [1.807, 2.05) is 12.1 Å². The van der Waals surface area contributed by atoms with Crippen molar-refractivity contribution in [2.75, 3.05) is 34.5 Å². The predicted octanol–water partition coefficient (Wildman–Crippen LogP) is 3.72. The van der Waals surface area contributed by atoms with Gasteiger partial charge in [-0.2, -0.15) is 0 Å². The average Bonchev–Trinajstić information content (AvgIpc) is 2.75. The van der Waals surface area contributed by atoms with Gasteiger partial charge < -0.3 is 23.9 Å². The van der Waals surface area contributed by atoms with Crippen molar-refractivity contribution in [2.24, 2.45) is 5.92 Å². The Bertz CT molecular complexity index is 1030. The van der Waals surface area contributed by atoms with E-state index >= 15 is 0 Å². The van der Waals surface area contributed by atoms with E-state index in [4.69, 9.17) is 18.9 Å². The van der Waals surface area contributed by atoms with Gasteiger partial charge in [0.25, 0.3) is 5.56 Å². The largest absolute Gasteiger partial charge is 0.493 e. The number of rotatable bonds is 8. The van der Waals surface area contributed by atoms with Gasteiger partial charge in [-0.05, 0) is 41.7 Å². The van der Waals surface area contributed by atoms with Crippen LogP contribution in [0.25, 0.3) is 11.3 Å².